The maximum atomic E-state index is 14.0. The molecular weight excluding hydrogens is 479 g/mol. The van der Waals surface area contributed by atoms with Crippen LogP contribution in [0.2, 0.25) is 0 Å². The summed E-state index contributed by atoms with van der Waals surface area (Å²) in [6.07, 6.45) is 1.00. The number of hydrogen-bond donors (Lipinski definition) is 0. The highest BCUT2D eigenvalue weighted by Gasteiger charge is 2.49. The predicted molar refractivity (Wildman–Crippen MR) is 116 cm³/mol. The summed E-state index contributed by atoms with van der Waals surface area (Å²) in [5, 5.41) is 7.43. The Balaban J connectivity index is 1.52. The first-order chi connectivity index (χ1) is 16.0. The Kier molecular flexibility index (Phi) is 6.11. The number of aliphatic imine (C=N–C) groups is 1. The highest BCUT2D eigenvalue weighted by atomic mass is 32.2. The zero-order valence-corrected chi connectivity index (χ0v) is 18.4. The third-order valence-electron chi connectivity index (χ3n) is 5.43. The van der Waals surface area contributed by atoms with E-state index >= 15 is 0 Å². The Morgan fingerprint density at radius 1 is 0.941 bits per heavy atom. The lowest BCUT2D eigenvalue weighted by molar-refractivity contribution is -0.0437. The molecule has 0 bridgehead atoms. The van der Waals surface area contributed by atoms with Crippen molar-refractivity contribution in [1.29, 1.82) is 0 Å². The van der Waals surface area contributed by atoms with E-state index in [9.17, 15) is 30.4 Å². The molecular formula is C22H17F5N4O2S. The maximum absolute atomic E-state index is 14.0. The van der Waals surface area contributed by atoms with Crippen LogP contribution in [-0.2, 0) is 10.0 Å². The Labute approximate surface area is 191 Å². The van der Waals surface area contributed by atoms with Gasteiger partial charge in [0, 0.05) is 18.3 Å². The lowest BCUT2D eigenvalue weighted by Gasteiger charge is -2.19. The molecule has 6 nitrogen and oxygen atoms in total. The van der Waals surface area contributed by atoms with Crippen LogP contribution in [0.15, 0.2) is 59.6 Å². The number of anilines is 1. The van der Waals surface area contributed by atoms with Gasteiger partial charge in [0.15, 0.2) is 5.82 Å². The normalized spacial score (nSPS) is 16.4. The fraction of sp³-hybridized carbons (Fsp3) is 0.227. The topological polar surface area (TPSA) is 75.5 Å². The molecule has 34 heavy (non-hydrogen) atoms. The number of hydrogen-bond acceptors (Lipinski definition) is 5. The van der Waals surface area contributed by atoms with Gasteiger partial charge >= 0.3 is 15.5 Å². The van der Waals surface area contributed by atoms with E-state index in [1.165, 1.54) is 24.3 Å². The van der Waals surface area contributed by atoms with Crippen LogP contribution in [0.3, 0.4) is 0 Å². The highest BCUT2D eigenvalue weighted by Crippen LogP contribution is 2.33. The molecule has 12 heteroatoms. The molecule has 0 amide bonds. The minimum absolute atomic E-state index is 0.0148. The van der Waals surface area contributed by atoms with Crippen molar-refractivity contribution in [2.75, 3.05) is 11.4 Å². The van der Waals surface area contributed by atoms with Gasteiger partial charge in [-0.2, -0.15) is 21.6 Å². The van der Waals surface area contributed by atoms with Crippen LogP contribution in [0.25, 0.3) is 11.3 Å². The van der Waals surface area contributed by atoms with Crippen molar-refractivity contribution in [3.8, 4) is 11.3 Å². The quantitative estimate of drug-likeness (QED) is 0.465. The summed E-state index contributed by atoms with van der Waals surface area (Å²) in [5.41, 5.74) is -3.49. The van der Waals surface area contributed by atoms with E-state index in [0.717, 1.165) is 18.7 Å². The van der Waals surface area contributed by atoms with Crippen LogP contribution in [0.4, 0.5) is 27.8 Å². The third-order valence-corrected chi connectivity index (χ3v) is 6.93. The molecule has 4 rings (SSSR count). The second kappa shape index (κ2) is 8.75. The van der Waals surface area contributed by atoms with Gasteiger partial charge in [-0.3, -0.25) is 4.99 Å². The van der Waals surface area contributed by atoms with E-state index in [1.807, 2.05) is 0 Å². The molecule has 1 aliphatic heterocycles. The second-order valence-electron chi connectivity index (χ2n) is 7.54. The van der Waals surface area contributed by atoms with Crippen LogP contribution in [-0.4, -0.2) is 36.9 Å². The second-order valence-corrected chi connectivity index (χ2v) is 9.50. The van der Waals surface area contributed by atoms with E-state index in [-0.39, 0.29) is 15.9 Å². The summed E-state index contributed by atoms with van der Waals surface area (Å²) < 4.78 is 89.3. The molecule has 1 aromatic heterocycles. The fourth-order valence-electron chi connectivity index (χ4n) is 3.60. The average Bonchev–Trinajstić information content (AvgIpc) is 3.28. The Bertz CT molecular complexity index is 1320. The predicted octanol–water partition coefficient (Wildman–Crippen LogP) is 5.03. The summed E-state index contributed by atoms with van der Waals surface area (Å²) in [6.45, 7) is 0. The van der Waals surface area contributed by atoms with Crippen LogP contribution in [0.1, 0.15) is 30.0 Å². The van der Waals surface area contributed by atoms with Crippen molar-refractivity contribution in [3.63, 3.8) is 0 Å². The summed E-state index contributed by atoms with van der Waals surface area (Å²) in [5.74, 6) is -1.80. The molecule has 0 saturated carbocycles. The van der Waals surface area contributed by atoms with Crippen molar-refractivity contribution < 1.29 is 30.4 Å². The first-order valence-corrected chi connectivity index (χ1v) is 11.4. The minimum Gasteiger partial charge on any atom is -0.281 e. The Hall–Kier alpha value is -3.41. The monoisotopic (exact) mass is 496 g/mol. The van der Waals surface area contributed by atoms with Gasteiger partial charge in [0.25, 0.3) is 0 Å². The van der Waals surface area contributed by atoms with Gasteiger partial charge in [0.1, 0.15) is 11.6 Å². The molecule has 3 aromatic rings. The van der Waals surface area contributed by atoms with Crippen molar-refractivity contribution in [2.45, 2.75) is 24.4 Å². The van der Waals surface area contributed by atoms with Crippen molar-refractivity contribution >= 4 is 21.6 Å². The van der Waals surface area contributed by atoms with Gasteiger partial charge in [-0.15, -0.1) is 10.2 Å². The minimum atomic E-state index is -5.58. The van der Waals surface area contributed by atoms with E-state index in [2.05, 4.69) is 15.2 Å². The third kappa shape index (κ3) is 4.37. The number of aromatic nitrogens is 2. The summed E-state index contributed by atoms with van der Waals surface area (Å²) in [4.78, 5) is 4.48. The first kappa shape index (κ1) is 23.7. The maximum Gasteiger partial charge on any atom is 0.516 e. The van der Waals surface area contributed by atoms with Crippen molar-refractivity contribution in [2.24, 2.45) is 4.99 Å². The van der Waals surface area contributed by atoms with Crippen LogP contribution in [0.5, 0.6) is 0 Å². The molecule has 0 aliphatic carbocycles. The first-order valence-electron chi connectivity index (χ1n) is 9.99. The summed E-state index contributed by atoms with van der Waals surface area (Å²) in [6, 6.07) is 12.8. The fourth-order valence-corrected chi connectivity index (χ4v) is 4.25. The van der Waals surface area contributed by atoms with Crippen LogP contribution in [0, 0.1) is 11.6 Å². The molecule has 0 fully saturated rings. The van der Waals surface area contributed by atoms with Gasteiger partial charge in [0.05, 0.1) is 17.3 Å². The number of halogens is 5. The number of nitrogens with zero attached hydrogens (tertiary/aromatic N) is 4. The smallest absolute Gasteiger partial charge is 0.281 e. The number of benzene rings is 2. The molecule has 1 atom stereocenters. The molecule has 178 valence electrons. The van der Waals surface area contributed by atoms with E-state index in [1.54, 1.807) is 24.3 Å². The molecule has 1 unspecified atom stereocenters. The highest BCUT2D eigenvalue weighted by molar-refractivity contribution is 7.93. The average molecular weight is 496 g/mol. The number of rotatable bonds is 5. The zero-order valence-electron chi connectivity index (χ0n) is 17.6. The van der Waals surface area contributed by atoms with Gasteiger partial charge in [-0.25, -0.2) is 13.1 Å². The largest absolute Gasteiger partial charge is 0.516 e. The Morgan fingerprint density at radius 2 is 1.59 bits per heavy atom. The number of sulfonamides is 1. The molecule has 2 aromatic carbocycles. The SMILES string of the molecule is CN(c1ccc(-c2ccc(C3CCC(c4c(F)cccc4F)=N3)cc2)nn1)S(=O)(=O)C(F)(F)F. The summed E-state index contributed by atoms with van der Waals surface area (Å²) in [7, 11) is -4.84. The van der Waals surface area contributed by atoms with E-state index in [0.29, 0.717) is 29.8 Å². The zero-order chi connectivity index (χ0) is 24.7. The number of alkyl halides is 3. The molecule has 0 saturated heterocycles. The lowest BCUT2D eigenvalue weighted by atomic mass is 10.0. The Morgan fingerprint density at radius 3 is 2.15 bits per heavy atom. The lowest BCUT2D eigenvalue weighted by Crippen LogP contribution is -2.38. The standard InChI is InChI=1S/C22H17F5N4O2S/c1-31(34(32,33)22(25,26)27)20-12-11-18(29-30-20)14-7-5-13(6-8-14)17-9-10-19(28-17)21-15(23)3-2-4-16(21)24/h2-8,11-12,17H,9-10H2,1H3. The van der Waals surface area contributed by atoms with Crippen LogP contribution < -0.4 is 4.31 Å². The molecule has 0 spiro atoms. The van der Waals surface area contributed by atoms with E-state index < -0.39 is 33.0 Å². The van der Waals surface area contributed by atoms with Crippen molar-refractivity contribution in [1.82, 2.24) is 10.2 Å². The van der Waals surface area contributed by atoms with Gasteiger partial charge in [0.2, 0.25) is 0 Å². The van der Waals surface area contributed by atoms with Gasteiger partial charge in [-0.05, 0) is 42.7 Å². The van der Waals surface area contributed by atoms with Gasteiger partial charge in [-0.1, -0.05) is 30.3 Å². The molecule has 0 N–H and O–H groups in total. The molecule has 0 radical (unpaired) electrons. The van der Waals surface area contributed by atoms with Gasteiger partial charge < -0.3 is 0 Å². The molecule has 1 aliphatic rings. The van der Waals surface area contributed by atoms with Crippen LogP contribution >= 0.6 is 0 Å². The van der Waals surface area contributed by atoms with E-state index in [4.69, 9.17) is 0 Å². The van der Waals surface area contributed by atoms with Crippen molar-refractivity contribution in [3.05, 3.63) is 77.4 Å². The summed E-state index contributed by atoms with van der Waals surface area (Å²) >= 11 is 0. The molecule has 2 heterocycles.